The van der Waals surface area contributed by atoms with Crippen LogP contribution in [0.25, 0.3) is 22.8 Å². The van der Waals surface area contributed by atoms with Crippen LogP contribution in [0.2, 0.25) is 0 Å². The number of ether oxygens (including phenoxy) is 7. The maximum atomic E-state index is 11.1. The molecule has 0 unspecified atom stereocenters. The van der Waals surface area contributed by atoms with E-state index in [2.05, 4.69) is 88.2 Å². The highest BCUT2D eigenvalue weighted by atomic mass is 79.9. The van der Waals surface area contributed by atoms with Gasteiger partial charge in [0.25, 0.3) is 0 Å². The number of hydrogen-bond donors (Lipinski definition) is 7. The molecule has 28 heteroatoms. The highest BCUT2D eigenvalue weighted by Crippen LogP contribution is 2.40. The lowest BCUT2D eigenvalue weighted by molar-refractivity contribution is 0.112. The molecular weight excluding hydrogens is 1730 g/mol. The molecule has 0 saturated carbocycles. The first-order valence-electron chi connectivity index (χ1n) is 37.9. The monoisotopic (exact) mass is 1860 g/mol. The quantitative estimate of drug-likeness (QED) is 0.0156. The Hall–Kier alpha value is -8.98. The first kappa shape index (κ1) is 116. The van der Waals surface area contributed by atoms with Gasteiger partial charge in [0.2, 0.25) is 0 Å². The number of methoxy groups -OCH3 is 3. The molecule has 8 N–H and O–H groups in total. The van der Waals surface area contributed by atoms with E-state index in [1.165, 1.54) is 6.21 Å². The van der Waals surface area contributed by atoms with Crippen LogP contribution in [0.15, 0.2) is 136 Å². The van der Waals surface area contributed by atoms with Gasteiger partial charge in [-0.1, -0.05) is 153 Å². The van der Waals surface area contributed by atoms with Gasteiger partial charge in [0.15, 0.2) is 15.9 Å². The number of phenolic OH excluding ortho intramolecular Hbond substituents is 1. The number of aryl methyl sites for hydroxylation is 4. The maximum absolute atomic E-state index is 11.1. The van der Waals surface area contributed by atoms with Crippen molar-refractivity contribution in [3.63, 3.8) is 0 Å². The number of alkyl halides is 3. The van der Waals surface area contributed by atoms with Crippen LogP contribution in [0, 0.1) is 83.1 Å². The number of halogens is 6. The van der Waals surface area contributed by atoms with Crippen molar-refractivity contribution in [1.29, 1.82) is 0 Å². The fraction of sp³-hybridized carbons (Fsp3) is 0.375. The number of H-pyrrole nitrogens is 4. The Kier molecular flexibility index (Phi) is 65.9. The van der Waals surface area contributed by atoms with Crippen LogP contribution >= 0.6 is 82.1 Å². The molecule has 0 atom stereocenters. The topological polar surface area (TPSA) is 292 Å². The molecule has 2 heterocycles. The molecule has 2 aromatic heterocycles. The van der Waals surface area contributed by atoms with Gasteiger partial charge < -0.3 is 44.0 Å². The molecule has 2 amide bonds. The van der Waals surface area contributed by atoms with E-state index >= 15 is 0 Å². The predicted octanol–water partition coefficient (Wildman–Crippen LogP) is 27.3. The number of aromatic amines is 4. The van der Waals surface area contributed by atoms with E-state index in [0.29, 0.717) is 51.7 Å². The van der Waals surface area contributed by atoms with E-state index in [0.717, 1.165) is 124 Å². The number of aromatic nitrogens is 6. The number of urea groups is 1. The Bertz CT molecular complexity index is 4490. The lowest BCUT2D eigenvalue weighted by atomic mass is 10.0. The van der Waals surface area contributed by atoms with Crippen molar-refractivity contribution in [3.05, 3.63) is 220 Å². The highest BCUT2D eigenvalue weighted by molar-refractivity contribution is 9.69. The Balaban J connectivity index is -0.000000431. The molecule has 10 rings (SSSR count). The van der Waals surface area contributed by atoms with Crippen molar-refractivity contribution >= 4 is 104 Å². The van der Waals surface area contributed by atoms with E-state index in [4.69, 9.17) is 73.7 Å². The van der Waals surface area contributed by atoms with Crippen molar-refractivity contribution in [1.82, 2.24) is 35.8 Å². The molecule has 0 saturated heterocycles. The average Bonchev–Trinajstić information content (AvgIpc) is 1.01. The van der Waals surface area contributed by atoms with Crippen LogP contribution in [0.4, 0.5) is 4.79 Å². The summed E-state index contributed by atoms with van der Waals surface area (Å²) in [6.07, 6.45) is 2.32. The number of hydrazone groups is 1. The minimum Gasteiger partial charge on any atom is -0.507 e. The van der Waals surface area contributed by atoms with E-state index in [-0.39, 0.29) is 22.0 Å². The van der Waals surface area contributed by atoms with Gasteiger partial charge in [-0.25, -0.2) is 30.0 Å². The Labute approximate surface area is 731 Å². The van der Waals surface area contributed by atoms with Crippen molar-refractivity contribution in [3.8, 4) is 91.8 Å². The fourth-order valence-electron chi connectivity index (χ4n) is 9.55. The minimum atomic E-state index is -0.750. The number of rotatable bonds is 16. The zero-order valence-electron chi connectivity index (χ0n) is 73.0. The third kappa shape index (κ3) is 40.7. The number of nitrogens with two attached hydrogens (primary N) is 1. The molecule has 0 radical (unpaired) electrons. The first-order chi connectivity index (χ1) is 54.9. The summed E-state index contributed by atoms with van der Waals surface area (Å²) in [5, 5.41) is 26.1. The van der Waals surface area contributed by atoms with E-state index in [1.54, 1.807) is 57.7 Å². The SMILES string of the molecule is BrB(Br)Br.C.CC.CC.CC.CC.CC.CC.CC.CC.COc1c(C)cc(Oc2ccc(-c3n[nH]c(=O)[nH]3)cc2)c(C)c1C.COc1c(C)cc(Oc2ccc(/C=N/NC(N)=O)cc2)c(C)c1C.COc1c(C)cc(Oc2ccc(C=O)cc2)c(C)c1C.Cc1cc(Oc2ccc(-c3n[nH]c(=O)[nH]3)cc2)c(C)c(C)c1O.ClC(Cl)Cl. The molecule has 0 bridgehead atoms. The molecule has 21 nitrogen and oxygen atoms in total. The van der Waals surface area contributed by atoms with E-state index in [1.807, 2.05) is 279 Å². The second kappa shape index (κ2) is 66.1. The molecule has 116 heavy (non-hydrogen) atoms. The maximum Gasteiger partial charge on any atom is 0.369 e. The average molecular weight is 1860 g/mol. The third-order valence-electron chi connectivity index (χ3n) is 15.0. The molecular formula is C88H128BBr3Cl3N9O12. The molecule has 642 valence electrons. The number of benzene rings is 8. The molecule has 0 fully saturated rings. The number of nitrogens with one attached hydrogen (secondary N) is 5. The van der Waals surface area contributed by atoms with Gasteiger partial charge in [-0.05, 0) is 277 Å². The molecule has 0 aliphatic heterocycles. The van der Waals surface area contributed by atoms with Crippen molar-refractivity contribution in [2.75, 3.05) is 21.3 Å². The van der Waals surface area contributed by atoms with Crippen LogP contribution in [0.3, 0.4) is 0 Å². The number of carbonyl (C=O) groups is 2. The van der Waals surface area contributed by atoms with Gasteiger partial charge >= 0.3 is 20.6 Å². The number of hydrogen-bond acceptors (Lipinski definition) is 15. The number of carbonyl (C=O) groups excluding carboxylic acids is 2. The summed E-state index contributed by atoms with van der Waals surface area (Å²) in [6, 6.07) is 36.0. The second-order valence-electron chi connectivity index (χ2n) is 21.7. The third-order valence-corrected chi connectivity index (χ3v) is 15.0. The molecule has 0 aliphatic rings. The number of primary amides is 1. The zero-order chi connectivity index (χ0) is 89.4. The molecule has 0 spiro atoms. The molecule has 0 aliphatic carbocycles. The number of aromatic hydroxyl groups is 1. The van der Waals surface area contributed by atoms with Gasteiger partial charge in [-0.2, -0.15) is 15.3 Å². The number of aldehydes is 1. The van der Waals surface area contributed by atoms with Gasteiger partial charge in [0.05, 0.1) is 27.5 Å². The predicted molar refractivity (Wildman–Crippen MR) is 503 cm³/mol. The van der Waals surface area contributed by atoms with Crippen LogP contribution < -0.4 is 55.7 Å². The van der Waals surface area contributed by atoms with Crippen LogP contribution in [0.5, 0.6) is 69.0 Å². The first-order valence-corrected chi connectivity index (χ1v) is 42.0. The van der Waals surface area contributed by atoms with Gasteiger partial charge in [0, 0.05) is 16.7 Å². The van der Waals surface area contributed by atoms with Gasteiger partial charge in [0.1, 0.15) is 75.3 Å². The van der Waals surface area contributed by atoms with Crippen LogP contribution in [-0.4, -0.2) is 82.8 Å². The lowest BCUT2D eigenvalue weighted by Crippen LogP contribution is -2.24. The number of amides is 2. The second-order valence-corrected chi connectivity index (χ2v) is 30.1. The summed E-state index contributed by atoms with van der Waals surface area (Å²) in [4.78, 5) is 48.6. The summed E-state index contributed by atoms with van der Waals surface area (Å²) in [5.41, 5.74) is 21.3. The normalized spacial score (nSPS) is 9.26. The van der Waals surface area contributed by atoms with Crippen LogP contribution in [-0.2, 0) is 0 Å². The molecule has 10 aromatic rings. The fourth-order valence-corrected chi connectivity index (χ4v) is 9.55. The number of nitrogens with zero attached hydrogens (tertiary/aromatic N) is 3. The highest BCUT2D eigenvalue weighted by Gasteiger charge is 2.17. The zero-order valence-corrected chi connectivity index (χ0v) is 80.0. The van der Waals surface area contributed by atoms with Gasteiger partial charge in [-0.3, -0.25) is 14.8 Å². The lowest BCUT2D eigenvalue weighted by Gasteiger charge is -2.16. The summed E-state index contributed by atoms with van der Waals surface area (Å²) in [6.45, 7) is 55.7. The van der Waals surface area contributed by atoms with Crippen molar-refractivity contribution < 1.29 is 47.9 Å². The smallest absolute Gasteiger partial charge is 0.369 e. The standard InChI is InChI=1S/C18H19N3O3.C18H21N3O3.C17H17N3O3.C17H18O3.8C2H6.CHCl3.CH4.BBr3/c1-10-9-15(11(2)12(3)16(10)23-4)24-14-7-5-13(6-8-14)17-19-18(22)21-20-17;1-11-9-16(12(2)13(3)17(11)23-4)24-15-7-5-14(6-8-15)10-20-21-18(19)22;1-9-8-14(10(2)11(3)15(9)21)23-13-6-4-12(5-7-13)16-18-17(22)20-19-16;1-11-9-16(12(2)13(3)17(11)19-4)20-15-7-5-14(10-18)6-8-15;8*1-2;2-1(3)4;;2-1(3)4/h5-9H,1-4H3,(H2,19,20,21,22);5-10H,1-4H3,(H3,19,21,22);4-8,21H,1-3H3,(H2,18,19,20,22);5-10H,1-4H3;8*1-2H3;1H;1H4;/b;20-10+;;;;;;;;;;;;;. The summed E-state index contributed by atoms with van der Waals surface area (Å²) in [5.74, 6) is 9.85. The Morgan fingerprint density at radius 2 is 0.690 bits per heavy atom. The summed E-state index contributed by atoms with van der Waals surface area (Å²) < 4.78 is 39.6. The molecule has 8 aromatic carbocycles. The van der Waals surface area contributed by atoms with Crippen LogP contribution in [0.1, 0.15) is 201 Å². The number of phenols is 1. The van der Waals surface area contributed by atoms with Crippen molar-refractivity contribution in [2.45, 2.75) is 206 Å². The van der Waals surface area contributed by atoms with E-state index in [9.17, 15) is 24.3 Å². The van der Waals surface area contributed by atoms with Crippen molar-refractivity contribution in [2.24, 2.45) is 10.8 Å². The Morgan fingerprint density at radius 1 is 0.448 bits per heavy atom. The largest absolute Gasteiger partial charge is 0.507 e. The van der Waals surface area contributed by atoms with Gasteiger partial charge in [-0.15, -0.1) is 47.3 Å². The summed E-state index contributed by atoms with van der Waals surface area (Å²) in [7, 11) is 5.02. The van der Waals surface area contributed by atoms with E-state index < -0.39 is 10.3 Å². The summed E-state index contributed by atoms with van der Waals surface area (Å²) >= 11 is 23.7. The Morgan fingerprint density at radius 3 is 0.922 bits per heavy atom. The minimum absolute atomic E-state index is 0.